The van der Waals surface area contributed by atoms with Crippen LogP contribution in [-0.4, -0.2) is 96.7 Å². The lowest BCUT2D eigenvalue weighted by Gasteiger charge is -2.21. The SMILES string of the molecule is CCCCCCCCCCCCCCCCCCC(=O)OC[C@H](COP(=O)(O)OC[C@@H](O)COP(=O)(O)OC[C@@H](COC(=O)CCCCCCCCCCCC(C)C)OC(=O)CCCCCCCCCCCCCCC(C)C)OC(=O)CCCCCCCCCCCCCCCCC(C)C. The van der Waals surface area contributed by atoms with Crippen LogP contribution in [0.1, 0.15) is 421 Å². The Morgan fingerprint density at radius 2 is 0.460 bits per heavy atom. The molecule has 0 amide bonds. The van der Waals surface area contributed by atoms with Crippen molar-refractivity contribution in [2.45, 2.75) is 439 Å². The van der Waals surface area contributed by atoms with Crippen molar-refractivity contribution >= 4 is 39.5 Å². The van der Waals surface area contributed by atoms with Gasteiger partial charge in [0.25, 0.3) is 0 Å². The van der Waals surface area contributed by atoms with Crippen molar-refractivity contribution in [3.8, 4) is 0 Å². The molecular formula is C81H158O17P2. The summed E-state index contributed by atoms with van der Waals surface area (Å²) < 4.78 is 68.8. The van der Waals surface area contributed by atoms with E-state index in [2.05, 4.69) is 48.5 Å². The first-order chi connectivity index (χ1) is 48.2. The van der Waals surface area contributed by atoms with Crippen molar-refractivity contribution in [3.63, 3.8) is 0 Å². The molecule has 17 nitrogen and oxygen atoms in total. The zero-order valence-corrected chi connectivity index (χ0v) is 67.5. The molecule has 0 aliphatic carbocycles. The van der Waals surface area contributed by atoms with Crippen molar-refractivity contribution in [2.75, 3.05) is 39.6 Å². The molecule has 100 heavy (non-hydrogen) atoms. The third kappa shape index (κ3) is 74.3. The van der Waals surface area contributed by atoms with Crippen molar-refractivity contribution < 1.29 is 80.2 Å². The molecule has 0 heterocycles. The topological polar surface area (TPSA) is 237 Å². The number of hydrogen-bond acceptors (Lipinski definition) is 15. The number of esters is 4. The fraction of sp³-hybridized carbons (Fsp3) is 0.951. The van der Waals surface area contributed by atoms with Gasteiger partial charge in [0.05, 0.1) is 26.4 Å². The summed E-state index contributed by atoms with van der Waals surface area (Å²) in [6.07, 6.45) is 59.6. The van der Waals surface area contributed by atoms with E-state index in [1.54, 1.807) is 0 Å². The molecule has 3 N–H and O–H groups in total. The summed E-state index contributed by atoms with van der Waals surface area (Å²) in [5.41, 5.74) is 0. The highest BCUT2D eigenvalue weighted by Crippen LogP contribution is 2.45. The zero-order chi connectivity index (χ0) is 73.7. The molecule has 0 saturated heterocycles. The minimum Gasteiger partial charge on any atom is -0.462 e. The number of hydrogen-bond donors (Lipinski definition) is 3. The molecule has 0 rings (SSSR count). The molecule has 19 heteroatoms. The number of carbonyl (C=O) groups is 4. The number of unbranched alkanes of at least 4 members (excludes halogenated alkanes) is 47. The number of aliphatic hydroxyl groups is 1. The van der Waals surface area contributed by atoms with E-state index >= 15 is 0 Å². The van der Waals surface area contributed by atoms with Crippen molar-refractivity contribution in [3.05, 3.63) is 0 Å². The third-order valence-electron chi connectivity index (χ3n) is 18.9. The third-order valence-corrected chi connectivity index (χ3v) is 20.8. The lowest BCUT2D eigenvalue weighted by atomic mass is 10.0. The van der Waals surface area contributed by atoms with Gasteiger partial charge in [-0.25, -0.2) is 9.13 Å². The molecule has 5 atom stereocenters. The minimum atomic E-state index is -4.96. The van der Waals surface area contributed by atoms with Crippen molar-refractivity contribution in [1.82, 2.24) is 0 Å². The first kappa shape index (κ1) is 98.1. The van der Waals surface area contributed by atoms with Gasteiger partial charge in [-0.2, -0.15) is 0 Å². The fourth-order valence-corrected chi connectivity index (χ4v) is 14.1. The van der Waals surface area contributed by atoms with Crippen LogP contribution < -0.4 is 0 Å². The summed E-state index contributed by atoms with van der Waals surface area (Å²) in [5, 5.41) is 10.6. The second-order valence-electron chi connectivity index (χ2n) is 30.6. The Morgan fingerprint density at radius 1 is 0.270 bits per heavy atom. The molecular weight excluding hydrogens is 1310 g/mol. The average molecular weight is 1470 g/mol. The number of phosphoric ester groups is 2. The Labute approximate surface area is 613 Å². The number of aliphatic hydroxyl groups excluding tert-OH is 1. The molecule has 0 aliphatic heterocycles. The molecule has 0 aromatic carbocycles. The number of carbonyl (C=O) groups excluding carboxylic acids is 4. The summed E-state index contributed by atoms with van der Waals surface area (Å²) in [6.45, 7) is 12.0. The van der Waals surface area contributed by atoms with Gasteiger partial charge < -0.3 is 33.8 Å². The lowest BCUT2D eigenvalue weighted by molar-refractivity contribution is -0.161. The maximum atomic E-state index is 13.1. The molecule has 0 saturated carbocycles. The Bertz CT molecular complexity index is 1940. The maximum Gasteiger partial charge on any atom is 0.472 e. The van der Waals surface area contributed by atoms with Crippen molar-refractivity contribution in [1.29, 1.82) is 0 Å². The molecule has 0 bridgehead atoms. The molecule has 0 fully saturated rings. The molecule has 0 aromatic rings. The van der Waals surface area contributed by atoms with E-state index in [-0.39, 0.29) is 25.7 Å². The standard InChI is InChI=1S/C81H158O17P2/c1-8-9-10-11-12-13-14-15-16-17-21-27-34-41-48-55-62-78(83)91-68-76(97-80(85)64-57-50-43-35-28-22-19-18-20-25-31-38-45-52-59-72(2)3)70-95-99(87,88)93-66-75(82)67-94-100(89,90)96-71-77(69-92-79(84)63-56-49-42-37-30-33-40-47-54-61-74(6)7)98-81(86)65-58-51-44-36-29-24-23-26-32-39-46-53-60-73(4)5/h72-77,82H,8-71H2,1-7H3,(H,87,88)(H,89,90)/t75-,76-,77-/m1/s1. The summed E-state index contributed by atoms with van der Waals surface area (Å²) in [5.74, 6) is 0.206. The zero-order valence-electron chi connectivity index (χ0n) is 65.7. The molecule has 0 aliphatic rings. The first-order valence-electron chi connectivity index (χ1n) is 41.8. The predicted octanol–water partition coefficient (Wildman–Crippen LogP) is 24.1. The highest BCUT2D eigenvalue weighted by atomic mass is 31.2. The van der Waals surface area contributed by atoms with Crippen LogP contribution in [0.25, 0.3) is 0 Å². The van der Waals surface area contributed by atoms with Gasteiger partial charge in [0.15, 0.2) is 12.2 Å². The van der Waals surface area contributed by atoms with Crippen molar-refractivity contribution in [2.24, 2.45) is 17.8 Å². The minimum absolute atomic E-state index is 0.107. The van der Waals surface area contributed by atoms with Crippen LogP contribution in [0, 0.1) is 17.8 Å². The van der Waals surface area contributed by atoms with Crippen LogP contribution in [-0.2, 0) is 65.4 Å². The van der Waals surface area contributed by atoms with E-state index in [9.17, 15) is 43.2 Å². The van der Waals surface area contributed by atoms with E-state index in [0.717, 1.165) is 108 Å². The van der Waals surface area contributed by atoms with Crippen LogP contribution in [0.3, 0.4) is 0 Å². The van der Waals surface area contributed by atoms with Gasteiger partial charge in [-0.15, -0.1) is 0 Å². The molecule has 594 valence electrons. The highest BCUT2D eigenvalue weighted by Gasteiger charge is 2.30. The quantitative estimate of drug-likeness (QED) is 0.0222. The second-order valence-corrected chi connectivity index (χ2v) is 33.5. The van der Waals surface area contributed by atoms with E-state index in [1.165, 1.54) is 231 Å². The summed E-state index contributed by atoms with van der Waals surface area (Å²) in [4.78, 5) is 73.1. The van der Waals surface area contributed by atoms with Crippen LogP contribution in [0.4, 0.5) is 0 Å². The Morgan fingerprint density at radius 3 is 0.680 bits per heavy atom. The van der Waals surface area contributed by atoms with E-state index in [4.69, 9.17) is 37.0 Å². The van der Waals surface area contributed by atoms with Gasteiger partial charge in [-0.3, -0.25) is 37.3 Å². The Balaban J connectivity index is 5.27. The van der Waals surface area contributed by atoms with Crippen LogP contribution in [0.15, 0.2) is 0 Å². The molecule has 0 spiro atoms. The smallest absolute Gasteiger partial charge is 0.462 e. The summed E-state index contributed by atoms with van der Waals surface area (Å²) in [7, 11) is -9.92. The Hall–Kier alpha value is -1.94. The van der Waals surface area contributed by atoms with Gasteiger partial charge in [-0.1, -0.05) is 370 Å². The van der Waals surface area contributed by atoms with E-state index in [0.29, 0.717) is 25.7 Å². The molecule has 2 unspecified atom stereocenters. The monoisotopic (exact) mass is 1470 g/mol. The molecule has 0 aromatic heterocycles. The second kappa shape index (κ2) is 71.3. The van der Waals surface area contributed by atoms with Crippen LogP contribution in [0.5, 0.6) is 0 Å². The first-order valence-corrected chi connectivity index (χ1v) is 44.8. The van der Waals surface area contributed by atoms with E-state index < -0.39 is 97.5 Å². The lowest BCUT2D eigenvalue weighted by Crippen LogP contribution is -2.30. The van der Waals surface area contributed by atoms with Gasteiger partial charge in [0, 0.05) is 25.7 Å². The van der Waals surface area contributed by atoms with Crippen LogP contribution in [0.2, 0.25) is 0 Å². The fourth-order valence-electron chi connectivity index (χ4n) is 12.5. The normalized spacial score (nSPS) is 14.0. The number of phosphoric acid groups is 2. The Kier molecular flexibility index (Phi) is 69.9. The number of rotatable bonds is 79. The van der Waals surface area contributed by atoms with Crippen LogP contribution >= 0.6 is 15.6 Å². The van der Waals surface area contributed by atoms with Gasteiger partial charge in [0.1, 0.15) is 19.3 Å². The highest BCUT2D eigenvalue weighted by molar-refractivity contribution is 7.47. The summed E-state index contributed by atoms with van der Waals surface area (Å²) in [6, 6.07) is 0. The number of ether oxygens (including phenoxy) is 4. The largest absolute Gasteiger partial charge is 0.472 e. The molecule has 0 radical (unpaired) electrons. The van der Waals surface area contributed by atoms with Gasteiger partial charge >= 0.3 is 39.5 Å². The summed E-state index contributed by atoms with van der Waals surface area (Å²) >= 11 is 0. The van der Waals surface area contributed by atoms with E-state index in [1.807, 2.05) is 0 Å². The van der Waals surface area contributed by atoms with Gasteiger partial charge in [0.2, 0.25) is 0 Å². The maximum absolute atomic E-state index is 13.1. The predicted molar refractivity (Wildman–Crippen MR) is 409 cm³/mol. The average Bonchev–Trinajstić information content (AvgIpc) is 1.17. The van der Waals surface area contributed by atoms with Gasteiger partial charge in [-0.05, 0) is 43.4 Å².